The fourth-order valence-electron chi connectivity index (χ4n) is 2.15. The molecule has 0 saturated carbocycles. The minimum Gasteiger partial charge on any atom is -0.514 e. The number of rotatable bonds is 14. The van der Waals surface area contributed by atoms with Crippen LogP contribution in [0.4, 0.5) is 17.8 Å². The Morgan fingerprint density at radius 1 is 0.778 bits per heavy atom. The maximum absolute atomic E-state index is 9.31. The first-order chi connectivity index (χ1) is 13.1. The Morgan fingerprint density at radius 3 is 1.74 bits per heavy atom. The van der Waals surface area contributed by atoms with E-state index in [4.69, 9.17) is 19.3 Å². The fraction of sp³-hybridized carbons (Fsp3) is 0.667. The highest BCUT2D eigenvalue weighted by atomic mass is 16.5. The normalized spacial score (nSPS) is 11.1. The smallest absolute Gasteiger partial charge is 0.236 e. The van der Waals surface area contributed by atoms with E-state index in [0.717, 1.165) is 6.26 Å². The summed E-state index contributed by atoms with van der Waals surface area (Å²) in [6.07, 6.45) is 2.14. The summed E-state index contributed by atoms with van der Waals surface area (Å²) >= 11 is 0. The molecular weight excluding hydrogens is 360 g/mol. The lowest BCUT2D eigenvalue weighted by atomic mass is 10.5. The molecule has 0 aliphatic carbocycles. The fourth-order valence-corrected chi connectivity index (χ4v) is 2.15. The predicted molar refractivity (Wildman–Crippen MR) is 98.6 cm³/mol. The first kappa shape index (κ1) is 22.8. The van der Waals surface area contributed by atoms with Crippen LogP contribution in [0.25, 0.3) is 0 Å². The molecule has 0 atom stereocenters. The molecular formula is C15H28N6O6. The van der Waals surface area contributed by atoms with Gasteiger partial charge in [-0.1, -0.05) is 0 Å². The van der Waals surface area contributed by atoms with Crippen molar-refractivity contribution >= 4 is 17.8 Å². The van der Waals surface area contributed by atoms with Crippen LogP contribution in [-0.4, -0.2) is 98.1 Å². The molecule has 12 nitrogen and oxygen atoms in total. The van der Waals surface area contributed by atoms with Crippen molar-refractivity contribution in [1.82, 2.24) is 15.0 Å². The summed E-state index contributed by atoms with van der Waals surface area (Å²) in [6.45, 7) is 0.552. The highest BCUT2D eigenvalue weighted by Gasteiger charge is 2.19. The van der Waals surface area contributed by atoms with Gasteiger partial charge in [-0.2, -0.15) is 15.0 Å². The number of hydrogen-bond donors (Lipinski definition) is 3. The highest BCUT2D eigenvalue weighted by molar-refractivity contribution is 5.47. The van der Waals surface area contributed by atoms with Gasteiger partial charge in [-0.25, -0.2) is 0 Å². The largest absolute Gasteiger partial charge is 0.514 e. The Labute approximate surface area is 158 Å². The van der Waals surface area contributed by atoms with E-state index in [-0.39, 0.29) is 64.3 Å². The van der Waals surface area contributed by atoms with Crippen molar-refractivity contribution < 1.29 is 29.5 Å². The Balaban J connectivity index is 3.42. The van der Waals surface area contributed by atoms with E-state index in [2.05, 4.69) is 15.0 Å². The van der Waals surface area contributed by atoms with Crippen LogP contribution in [0.2, 0.25) is 0 Å². The van der Waals surface area contributed by atoms with Crippen molar-refractivity contribution in [1.29, 1.82) is 0 Å². The van der Waals surface area contributed by atoms with E-state index in [0.29, 0.717) is 0 Å². The molecule has 0 saturated heterocycles. The molecule has 12 heteroatoms. The molecule has 0 aromatic carbocycles. The number of ether oxygens (including phenoxy) is 3. The maximum atomic E-state index is 9.31. The average molecular weight is 388 g/mol. The van der Waals surface area contributed by atoms with Crippen LogP contribution < -0.4 is 14.7 Å². The summed E-state index contributed by atoms with van der Waals surface area (Å²) in [6, 6.07) is 0. The lowest BCUT2D eigenvalue weighted by Gasteiger charge is -2.26. The Morgan fingerprint density at radius 2 is 1.26 bits per heavy atom. The lowest BCUT2D eigenvalue weighted by molar-refractivity contribution is 0.138. The Bertz CT molecular complexity index is 517. The minimum absolute atomic E-state index is 0.129. The molecule has 27 heavy (non-hydrogen) atoms. The van der Waals surface area contributed by atoms with Crippen molar-refractivity contribution in [2.24, 2.45) is 0 Å². The van der Waals surface area contributed by atoms with E-state index in [1.165, 1.54) is 32.4 Å². The third-order valence-corrected chi connectivity index (χ3v) is 3.23. The van der Waals surface area contributed by atoms with Gasteiger partial charge in [0, 0.05) is 40.6 Å². The third kappa shape index (κ3) is 7.11. The molecule has 3 N–H and O–H groups in total. The summed E-state index contributed by atoms with van der Waals surface area (Å²) < 4.78 is 15.5. The van der Waals surface area contributed by atoms with Crippen LogP contribution in [0.15, 0.2) is 12.5 Å². The van der Waals surface area contributed by atoms with Crippen molar-refractivity contribution in [2.75, 3.05) is 82.5 Å². The number of nitrogens with zero attached hydrogens (tertiary/aromatic N) is 6. The van der Waals surface area contributed by atoms with Gasteiger partial charge >= 0.3 is 0 Å². The second-order valence-electron chi connectivity index (χ2n) is 5.23. The summed E-state index contributed by atoms with van der Waals surface area (Å²) in [5.74, 6) is 0.690. The van der Waals surface area contributed by atoms with E-state index in [1.54, 1.807) is 9.80 Å². The number of methoxy groups -OCH3 is 3. The molecule has 1 aromatic rings. The predicted octanol–water partition coefficient (Wildman–Crippen LogP) is -0.884. The maximum Gasteiger partial charge on any atom is 0.236 e. The van der Waals surface area contributed by atoms with Crippen molar-refractivity contribution in [2.45, 2.75) is 0 Å². The van der Waals surface area contributed by atoms with Gasteiger partial charge in [-0.05, 0) is 0 Å². The number of aliphatic hydroxyl groups excluding tert-OH is 3. The summed E-state index contributed by atoms with van der Waals surface area (Å²) in [7, 11) is 4.57. The molecule has 0 fully saturated rings. The van der Waals surface area contributed by atoms with Gasteiger partial charge in [0.05, 0.1) is 19.5 Å². The standard InChI is InChI=1S/C15H28N6O6/c1-25-10-20(6-9-24)14-16-13(19(4-7-22)5-8-23)17-15(18-14)21(11-26-2)12-27-3/h4,7,22-24H,5-6,8-12H2,1-3H3/b7-4+. The number of hydrogen-bond acceptors (Lipinski definition) is 12. The quantitative estimate of drug-likeness (QED) is 0.269. The topological polar surface area (TPSA) is 137 Å². The molecule has 0 aliphatic heterocycles. The molecule has 0 spiro atoms. The summed E-state index contributed by atoms with van der Waals surface area (Å²) in [5, 5.41) is 27.7. The van der Waals surface area contributed by atoms with Gasteiger partial charge in [-0.3, -0.25) is 4.90 Å². The average Bonchev–Trinajstić information content (AvgIpc) is 2.67. The highest BCUT2D eigenvalue weighted by Crippen LogP contribution is 2.19. The van der Waals surface area contributed by atoms with Gasteiger partial charge in [0.25, 0.3) is 0 Å². The van der Waals surface area contributed by atoms with Gasteiger partial charge in [0.1, 0.15) is 20.2 Å². The van der Waals surface area contributed by atoms with Crippen molar-refractivity contribution in [3.63, 3.8) is 0 Å². The zero-order chi connectivity index (χ0) is 20.1. The second-order valence-corrected chi connectivity index (χ2v) is 5.23. The number of aromatic nitrogens is 3. The van der Waals surface area contributed by atoms with Crippen LogP contribution in [0.5, 0.6) is 0 Å². The first-order valence-electron chi connectivity index (χ1n) is 8.17. The molecule has 154 valence electrons. The van der Waals surface area contributed by atoms with Crippen LogP contribution in [0, 0.1) is 0 Å². The zero-order valence-electron chi connectivity index (χ0n) is 15.9. The second kappa shape index (κ2) is 13.0. The molecule has 1 aromatic heterocycles. The van der Waals surface area contributed by atoms with Gasteiger partial charge < -0.3 is 39.3 Å². The van der Waals surface area contributed by atoms with E-state index >= 15 is 0 Å². The number of aliphatic hydroxyl groups is 3. The molecule has 0 amide bonds. The van der Waals surface area contributed by atoms with Crippen LogP contribution in [-0.2, 0) is 14.2 Å². The lowest BCUT2D eigenvalue weighted by Crippen LogP contribution is -2.35. The summed E-state index contributed by atoms with van der Waals surface area (Å²) in [4.78, 5) is 17.9. The van der Waals surface area contributed by atoms with Gasteiger partial charge in [0.2, 0.25) is 17.8 Å². The first-order valence-corrected chi connectivity index (χ1v) is 8.17. The van der Waals surface area contributed by atoms with Gasteiger partial charge in [-0.15, -0.1) is 0 Å². The third-order valence-electron chi connectivity index (χ3n) is 3.23. The molecule has 0 unspecified atom stereocenters. The number of anilines is 3. The molecule has 1 heterocycles. The van der Waals surface area contributed by atoms with Gasteiger partial charge in [0.15, 0.2) is 0 Å². The molecule has 1 rings (SSSR count). The SMILES string of the molecule is COCN(CCO)c1nc(N(/C=C/O)CCO)nc(N(COC)COC)n1. The summed E-state index contributed by atoms with van der Waals surface area (Å²) in [5.41, 5.74) is 0. The van der Waals surface area contributed by atoms with Crippen LogP contribution in [0.1, 0.15) is 0 Å². The molecule has 0 bridgehead atoms. The molecule has 0 radical (unpaired) electrons. The van der Waals surface area contributed by atoms with E-state index < -0.39 is 0 Å². The monoisotopic (exact) mass is 388 g/mol. The Hall–Kier alpha value is -2.25. The molecule has 0 aliphatic rings. The van der Waals surface area contributed by atoms with Crippen molar-refractivity contribution in [3.05, 3.63) is 12.5 Å². The zero-order valence-corrected chi connectivity index (χ0v) is 15.9. The van der Waals surface area contributed by atoms with E-state index in [1.807, 2.05) is 0 Å². The Kier molecular flexibility index (Phi) is 11.0. The minimum atomic E-state index is -0.182. The van der Waals surface area contributed by atoms with E-state index in [9.17, 15) is 10.2 Å². The van der Waals surface area contributed by atoms with Crippen molar-refractivity contribution in [3.8, 4) is 0 Å². The van der Waals surface area contributed by atoms with Crippen LogP contribution in [0.3, 0.4) is 0 Å². The van der Waals surface area contributed by atoms with Crippen LogP contribution >= 0.6 is 0 Å².